The summed E-state index contributed by atoms with van der Waals surface area (Å²) in [4.78, 5) is 39.0. The van der Waals surface area contributed by atoms with E-state index in [1.165, 1.54) is 25.9 Å². The molecule has 0 bridgehead atoms. The van der Waals surface area contributed by atoms with E-state index in [1.54, 1.807) is 42.5 Å². The molecule has 0 saturated carbocycles. The zero-order chi connectivity index (χ0) is 24.9. The smallest absolute Gasteiger partial charge is 0.335 e. The van der Waals surface area contributed by atoms with E-state index in [0.29, 0.717) is 35.1 Å². The lowest BCUT2D eigenvalue weighted by Crippen LogP contribution is -2.54. The maximum atomic E-state index is 13.1. The Hall–Kier alpha value is -4.59. The average Bonchev–Trinajstić information content (AvgIpc) is 2.86. The Morgan fingerprint density at radius 2 is 1.54 bits per heavy atom. The number of carbonyl (C=O) groups is 3. The molecule has 0 aliphatic carbocycles. The molecule has 0 atom stereocenters. The standard InChI is InChI=1S/C27H24N2O6/c1-17-4-6-18(7-5-17)16-35-21-11-9-20(10-12-21)29-26(31)22(25(30)28-27(29)32)14-19-8-13-23(33-2)24(15-19)34-3/h4-15H,16H2,1-3H3,(H,28,30,32)/b22-14-. The molecule has 4 amide bonds. The van der Waals surface area contributed by atoms with Crippen molar-refractivity contribution in [3.05, 3.63) is 89.0 Å². The van der Waals surface area contributed by atoms with E-state index in [9.17, 15) is 14.4 Å². The molecule has 3 aromatic rings. The first kappa shape index (κ1) is 23.6. The Morgan fingerprint density at radius 1 is 0.857 bits per heavy atom. The summed E-state index contributed by atoms with van der Waals surface area (Å²) in [5.41, 5.74) is 2.85. The van der Waals surface area contributed by atoms with Gasteiger partial charge in [0.1, 0.15) is 17.9 Å². The number of hydrogen-bond acceptors (Lipinski definition) is 6. The molecule has 1 saturated heterocycles. The van der Waals surface area contributed by atoms with E-state index in [2.05, 4.69) is 5.32 Å². The topological polar surface area (TPSA) is 94.2 Å². The number of barbiturate groups is 1. The number of nitrogens with one attached hydrogen (secondary N) is 1. The Kier molecular flexibility index (Phi) is 6.82. The summed E-state index contributed by atoms with van der Waals surface area (Å²) in [6, 6.07) is 18.7. The van der Waals surface area contributed by atoms with Gasteiger partial charge in [0.05, 0.1) is 19.9 Å². The fourth-order valence-electron chi connectivity index (χ4n) is 3.54. The van der Waals surface area contributed by atoms with Crippen LogP contribution in [0.2, 0.25) is 0 Å². The van der Waals surface area contributed by atoms with Crippen LogP contribution in [-0.4, -0.2) is 32.1 Å². The molecule has 1 heterocycles. The molecular weight excluding hydrogens is 448 g/mol. The Balaban J connectivity index is 1.54. The minimum Gasteiger partial charge on any atom is -0.493 e. The summed E-state index contributed by atoms with van der Waals surface area (Å²) >= 11 is 0. The number of hydrogen-bond donors (Lipinski definition) is 1. The van der Waals surface area contributed by atoms with Crippen molar-refractivity contribution in [2.24, 2.45) is 0 Å². The number of methoxy groups -OCH3 is 2. The maximum absolute atomic E-state index is 13.1. The molecule has 0 spiro atoms. The van der Waals surface area contributed by atoms with Gasteiger partial charge in [-0.2, -0.15) is 0 Å². The predicted octanol–water partition coefficient (Wildman–Crippen LogP) is 4.26. The Morgan fingerprint density at radius 3 is 2.20 bits per heavy atom. The fraction of sp³-hybridized carbons (Fsp3) is 0.148. The second kappa shape index (κ2) is 10.1. The highest BCUT2D eigenvalue weighted by Gasteiger charge is 2.36. The second-order valence-corrected chi connectivity index (χ2v) is 7.84. The molecule has 8 heteroatoms. The molecule has 178 valence electrons. The fourth-order valence-corrected chi connectivity index (χ4v) is 3.54. The zero-order valence-corrected chi connectivity index (χ0v) is 19.5. The maximum Gasteiger partial charge on any atom is 0.335 e. The molecule has 1 aliphatic heterocycles. The van der Waals surface area contributed by atoms with E-state index in [0.717, 1.165) is 10.5 Å². The number of ether oxygens (including phenoxy) is 3. The van der Waals surface area contributed by atoms with Gasteiger partial charge in [0.25, 0.3) is 11.8 Å². The van der Waals surface area contributed by atoms with E-state index in [1.807, 2.05) is 31.2 Å². The van der Waals surface area contributed by atoms with Gasteiger partial charge in [0.2, 0.25) is 0 Å². The molecule has 0 aromatic heterocycles. The van der Waals surface area contributed by atoms with Crippen LogP contribution in [-0.2, 0) is 16.2 Å². The van der Waals surface area contributed by atoms with E-state index in [4.69, 9.17) is 14.2 Å². The molecule has 1 fully saturated rings. The van der Waals surface area contributed by atoms with Crippen molar-refractivity contribution in [2.45, 2.75) is 13.5 Å². The lowest BCUT2D eigenvalue weighted by molar-refractivity contribution is -0.122. The number of carbonyl (C=O) groups excluding carboxylic acids is 3. The summed E-state index contributed by atoms with van der Waals surface area (Å²) in [6.45, 7) is 2.40. The van der Waals surface area contributed by atoms with Crippen LogP contribution in [0.25, 0.3) is 6.08 Å². The molecule has 0 unspecified atom stereocenters. The summed E-state index contributed by atoms with van der Waals surface area (Å²) in [7, 11) is 3.00. The first-order chi connectivity index (χ1) is 16.9. The molecule has 1 aliphatic rings. The van der Waals surface area contributed by atoms with Crippen molar-refractivity contribution in [3.63, 3.8) is 0 Å². The van der Waals surface area contributed by atoms with Gasteiger partial charge in [-0.3, -0.25) is 14.9 Å². The van der Waals surface area contributed by atoms with Crippen LogP contribution in [0.4, 0.5) is 10.5 Å². The lowest BCUT2D eigenvalue weighted by Gasteiger charge is -2.26. The van der Waals surface area contributed by atoms with E-state index in [-0.39, 0.29) is 5.57 Å². The number of benzene rings is 3. The van der Waals surface area contributed by atoms with Gasteiger partial charge in [-0.15, -0.1) is 0 Å². The van der Waals surface area contributed by atoms with Crippen LogP contribution in [0.15, 0.2) is 72.3 Å². The Bertz CT molecular complexity index is 1300. The van der Waals surface area contributed by atoms with E-state index < -0.39 is 17.8 Å². The van der Waals surface area contributed by atoms with Gasteiger partial charge in [0.15, 0.2) is 11.5 Å². The van der Waals surface area contributed by atoms with Crippen molar-refractivity contribution < 1.29 is 28.6 Å². The summed E-state index contributed by atoms with van der Waals surface area (Å²) in [5.74, 6) is 0.0255. The molecule has 1 N–H and O–H groups in total. The van der Waals surface area contributed by atoms with Crippen molar-refractivity contribution >= 4 is 29.6 Å². The SMILES string of the molecule is COc1ccc(/C=C2/C(=O)NC(=O)N(c3ccc(OCc4ccc(C)cc4)cc3)C2=O)cc1OC. The van der Waals surface area contributed by atoms with Crippen molar-refractivity contribution in [3.8, 4) is 17.2 Å². The molecule has 0 radical (unpaired) electrons. The number of anilines is 1. The first-order valence-electron chi connectivity index (χ1n) is 10.8. The van der Waals surface area contributed by atoms with Crippen LogP contribution in [0, 0.1) is 6.92 Å². The van der Waals surface area contributed by atoms with Crippen LogP contribution >= 0.6 is 0 Å². The normalized spacial score (nSPS) is 14.7. The molecular formula is C27H24N2O6. The third-order valence-electron chi connectivity index (χ3n) is 5.44. The van der Waals surface area contributed by atoms with Gasteiger partial charge < -0.3 is 14.2 Å². The zero-order valence-electron chi connectivity index (χ0n) is 19.5. The van der Waals surface area contributed by atoms with Crippen LogP contribution < -0.4 is 24.4 Å². The highest BCUT2D eigenvalue weighted by atomic mass is 16.5. The average molecular weight is 472 g/mol. The highest BCUT2D eigenvalue weighted by Crippen LogP contribution is 2.30. The largest absolute Gasteiger partial charge is 0.493 e. The van der Waals surface area contributed by atoms with Crippen molar-refractivity contribution in [1.82, 2.24) is 5.32 Å². The molecule has 35 heavy (non-hydrogen) atoms. The predicted molar refractivity (Wildman–Crippen MR) is 131 cm³/mol. The quantitative estimate of drug-likeness (QED) is 0.408. The van der Waals surface area contributed by atoms with E-state index >= 15 is 0 Å². The highest BCUT2D eigenvalue weighted by molar-refractivity contribution is 6.39. The van der Waals surface area contributed by atoms with Gasteiger partial charge in [-0.1, -0.05) is 35.9 Å². The third kappa shape index (κ3) is 5.16. The van der Waals surface area contributed by atoms with Crippen molar-refractivity contribution in [2.75, 3.05) is 19.1 Å². The summed E-state index contributed by atoms with van der Waals surface area (Å²) in [5, 5.41) is 2.22. The number of nitrogens with zero attached hydrogens (tertiary/aromatic N) is 1. The third-order valence-corrected chi connectivity index (χ3v) is 5.44. The second-order valence-electron chi connectivity index (χ2n) is 7.84. The van der Waals surface area contributed by atoms with Crippen LogP contribution in [0.5, 0.6) is 17.2 Å². The van der Waals surface area contributed by atoms with Crippen LogP contribution in [0.1, 0.15) is 16.7 Å². The molecule has 8 nitrogen and oxygen atoms in total. The number of urea groups is 1. The monoisotopic (exact) mass is 472 g/mol. The lowest BCUT2D eigenvalue weighted by atomic mass is 10.1. The molecule has 3 aromatic carbocycles. The minimum absolute atomic E-state index is 0.184. The number of rotatable bonds is 7. The van der Waals surface area contributed by atoms with Gasteiger partial charge in [0, 0.05) is 0 Å². The number of aryl methyl sites for hydroxylation is 1. The molecule has 4 rings (SSSR count). The number of imide groups is 2. The first-order valence-corrected chi connectivity index (χ1v) is 10.8. The van der Waals surface area contributed by atoms with Crippen LogP contribution in [0.3, 0.4) is 0 Å². The number of amides is 4. The van der Waals surface area contributed by atoms with Gasteiger partial charge in [-0.25, -0.2) is 9.69 Å². The van der Waals surface area contributed by atoms with Crippen molar-refractivity contribution in [1.29, 1.82) is 0 Å². The minimum atomic E-state index is -0.821. The Labute approximate surface area is 202 Å². The summed E-state index contributed by atoms with van der Waals surface area (Å²) in [6.07, 6.45) is 1.40. The van der Waals surface area contributed by atoms with Gasteiger partial charge >= 0.3 is 6.03 Å². The van der Waals surface area contributed by atoms with Gasteiger partial charge in [-0.05, 0) is 60.5 Å². The summed E-state index contributed by atoms with van der Waals surface area (Å²) < 4.78 is 16.3.